The van der Waals surface area contributed by atoms with Gasteiger partial charge in [-0.25, -0.2) is 0 Å². The predicted molar refractivity (Wildman–Crippen MR) is 321 cm³/mol. The number of allylic oxidation sites excluding steroid dienone is 8. The molecule has 0 bridgehead atoms. The van der Waals surface area contributed by atoms with E-state index in [1.165, 1.54) is 336 Å². The van der Waals surface area contributed by atoms with Gasteiger partial charge in [-0.15, -0.1) is 0 Å². The van der Waals surface area contributed by atoms with Crippen LogP contribution in [-0.2, 0) is 15.0 Å². The molecule has 0 saturated heterocycles. The van der Waals surface area contributed by atoms with Crippen molar-refractivity contribution in [3.05, 3.63) is 42.4 Å². The van der Waals surface area contributed by atoms with Crippen molar-refractivity contribution in [1.29, 1.82) is 0 Å². The van der Waals surface area contributed by atoms with E-state index in [0.29, 0.717) is 0 Å². The molecule has 0 N–H and O–H groups in total. The summed E-state index contributed by atoms with van der Waals surface area (Å²) in [4.78, 5) is 0. The van der Waals surface area contributed by atoms with Crippen molar-refractivity contribution in [2.75, 3.05) is 0 Å². The molecular weight excluding hydrogens is 897 g/mol. The SMILES string of the molecule is CCCCCCC1=C(CCCCCC)C(CCCCCC)(CCCCCC)[C]([Fe][C]2=C(CCCCCC)C(CCCCCC)=C(CCCCCC)C2(CCCCCC)CCCCCC)=C1CCCCCC. The van der Waals surface area contributed by atoms with Crippen LogP contribution in [0.5, 0.6) is 0 Å². The Labute approximate surface area is 455 Å². The van der Waals surface area contributed by atoms with Gasteiger partial charge in [0.2, 0.25) is 0 Å². The molecule has 0 aliphatic heterocycles. The zero-order chi connectivity index (χ0) is 51.7. The van der Waals surface area contributed by atoms with E-state index in [9.17, 15) is 0 Å². The normalized spacial score (nSPS) is 15.9. The second kappa shape index (κ2) is 43.6. The molecule has 0 atom stereocenters. The summed E-state index contributed by atoms with van der Waals surface area (Å²) in [6, 6.07) is 0. The van der Waals surface area contributed by atoms with E-state index >= 15 is 0 Å². The van der Waals surface area contributed by atoms with E-state index in [0.717, 1.165) is 0 Å². The molecule has 0 saturated carbocycles. The van der Waals surface area contributed by atoms with Gasteiger partial charge in [-0.1, -0.05) is 0 Å². The monoisotopic (exact) mass is 1030 g/mol. The third-order valence-corrected chi connectivity index (χ3v) is 19.9. The molecule has 0 aromatic rings. The van der Waals surface area contributed by atoms with Gasteiger partial charge in [0.15, 0.2) is 0 Å². The Morgan fingerprint density at radius 1 is 0.211 bits per heavy atom. The summed E-state index contributed by atoms with van der Waals surface area (Å²) < 4.78 is 4.14. The van der Waals surface area contributed by atoms with Gasteiger partial charge < -0.3 is 0 Å². The molecule has 2 rings (SSSR count). The van der Waals surface area contributed by atoms with Crippen molar-refractivity contribution < 1.29 is 15.0 Å². The molecule has 418 valence electrons. The van der Waals surface area contributed by atoms with Gasteiger partial charge in [-0.3, -0.25) is 0 Å². The zero-order valence-corrected chi connectivity index (χ0v) is 51.8. The van der Waals surface area contributed by atoms with Crippen LogP contribution in [0.3, 0.4) is 0 Å². The summed E-state index contributed by atoms with van der Waals surface area (Å²) in [5.41, 5.74) is 12.6. The first-order valence-electron chi connectivity index (χ1n) is 33.5. The molecule has 0 unspecified atom stereocenters. The van der Waals surface area contributed by atoms with E-state index < -0.39 is 0 Å². The summed E-state index contributed by atoms with van der Waals surface area (Å²) in [7, 11) is 0. The Bertz CT molecular complexity index is 1280. The molecule has 2 aliphatic carbocycles. The Morgan fingerprint density at radius 3 is 0.634 bits per heavy atom. The predicted octanol–water partition coefficient (Wildman–Crippen LogP) is 25.9. The van der Waals surface area contributed by atoms with Crippen LogP contribution in [0.15, 0.2) is 42.4 Å². The summed E-state index contributed by atoms with van der Waals surface area (Å²) in [6.07, 6.45) is 69.9. The van der Waals surface area contributed by atoms with Gasteiger partial charge in [0, 0.05) is 0 Å². The maximum atomic E-state index is 2.45. The molecule has 0 aromatic carbocycles. The van der Waals surface area contributed by atoms with Crippen molar-refractivity contribution in [2.24, 2.45) is 10.8 Å². The fourth-order valence-corrected chi connectivity index (χ4v) is 16.0. The van der Waals surface area contributed by atoms with Crippen molar-refractivity contribution in [3.63, 3.8) is 0 Å². The molecule has 2 aliphatic rings. The molecule has 0 nitrogen and oxygen atoms in total. The average molecular weight is 1030 g/mol. The second-order valence-electron chi connectivity index (χ2n) is 23.8. The van der Waals surface area contributed by atoms with Crippen LogP contribution in [0.2, 0.25) is 0 Å². The summed E-state index contributed by atoms with van der Waals surface area (Å²) in [5.74, 6) is 0. The van der Waals surface area contributed by atoms with Gasteiger partial charge >= 0.3 is 458 Å². The standard InChI is InChI=1S/2C35H65.Fe/c2*1-6-11-16-21-26-32-31-35(29-24-19-14-9-4,30-25-20-15-10-5)34(28-23-18-13-8-3)33(32)27-22-17-12-7-2;/h2*6-30H2,1-5H3;. The molecule has 1 heteroatoms. The van der Waals surface area contributed by atoms with Gasteiger partial charge in [0.05, 0.1) is 0 Å². The molecular formula is C70H130Fe. The third-order valence-electron chi connectivity index (χ3n) is 17.6. The quantitative estimate of drug-likeness (QED) is 0.0421. The van der Waals surface area contributed by atoms with Crippen molar-refractivity contribution in [2.45, 2.75) is 390 Å². The van der Waals surface area contributed by atoms with Crippen molar-refractivity contribution in [1.82, 2.24) is 0 Å². The van der Waals surface area contributed by atoms with E-state index in [-0.39, 0.29) is 10.8 Å². The van der Waals surface area contributed by atoms with Crippen LogP contribution in [0, 0.1) is 10.8 Å². The average Bonchev–Trinajstić information content (AvgIpc) is 3.75. The Kier molecular flexibility index (Phi) is 40.9. The zero-order valence-electron chi connectivity index (χ0n) is 50.7. The van der Waals surface area contributed by atoms with E-state index in [1.807, 2.05) is 33.4 Å². The molecule has 0 fully saturated rings. The first-order valence-corrected chi connectivity index (χ1v) is 34.6. The van der Waals surface area contributed by atoms with Gasteiger partial charge in [0.1, 0.15) is 0 Å². The first kappa shape index (κ1) is 66.6. The fourth-order valence-electron chi connectivity index (χ4n) is 13.4. The maximum absolute atomic E-state index is 2.45. The van der Waals surface area contributed by atoms with Gasteiger partial charge in [0.25, 0.3) is 0 Å². The van der Waals surface area contributed by atoms with Crippen LogP contribution >= 0.6 is 0 Å². The number of hydrogen-bond donors (Lipinski definition) is 0. The van der Waals surface area contributed by atoms with Crippen LogP contribution in [0.1, 0.15) is 390 Å². The molecule has 0 spiro atoms. The van der Waals surface area contributed by atoms with Crippen LogP contribution in [-0.4, -0.2) is 0 Å². The van der Waals surface area contributed by atoms with Gasteiger partial charge in [-0.05, 0) is 0 Å². The Morgan fingerprint density at radius 2 is 0.408 bits per heavy atom. The second-order valence-corrected chi connectivity index (χ2v) is 25.2. The van der Waals surface area contributed by atoms with Crippen LogP contribution < -0.4 is 0 Å². The number of unbranched alkanes of at least 4 members (excludes halogenated alkanes) is 30. The Hall–Kier alpha value is -0.521. The minimum absolute atomic E-state index is 0.273. The van der Waals surface area contributed by atoms with Crippen molar-refractivity contribution in [3.8, 4) is 0 Å². The molecule has 0 radical (unpaired) electrons. The summed E-state index contributed by atoms with van der Waals surface area (Å²) >= 11 is 1.34. The fraction of sp³-hybridized carbons (Fsp3) is 0.886. The third kappa shape index (κ3) is 23.7. The van der Waals surface area contributed by atoms with Crippen LogP contribution in [0.4, 0.5) is 0 Å². The van der Waals surface area contributed by atoms with Crippen molar-refractivity contribution >= 4 is 0 Å². The molecule has 0 amide bonds. The summed E-state index contributed by atoms with van der Waals surface area (Å²) in [5, 5.41) is 0. The molecule has 0 aromatic heterocycles. The van der Waals surface area contributed by atoms with E-state index in [4.69, 9.17) is 0 Å². The first-order chi connectivity index (χ1) is 34.9. The van der Waals surface area contributed by atoms with Gasteiger partial charge in [-0.2, -0.15) is 0 Å². The topological polar surface area (TPSA) is 0 Å². The summed E-state index contributed by atoms with van der Waals surface area (Å²) in [6.45, 7) is 24.4. The van der Waals surface area contributed by atoms with E-state index in [2.05, 4.69) is 78.2 Å². The minimum atomic E-state index is 0.273. The molecule has 71 heavy (non-hydrogen) atoms. The van der Waals surface area contributed by atoms with E-state index in [1.54, 1.807) is 0 Å². The Balaban J connectivity index is 3.32. The number of rotatable bonds is 52. The number of hydrogen-bond acceptors (Lipinski definition) is 0. The van der Waals surface area contributed by atoms with Crippen LogP contribution in [0.25, 0.3) is 0 Å². The molecule has 0 heterocycles.